The lowest BCUT2D eigenvalue weighted by Crippen LogP contribution is -2.28. The molecule has 1 aromatic carbocycles. The van der Waals surface area contributed by atoms with Crippen molar-refractivity contribution in [3.8, 4) is 0 Å². The van der Waals surface area contributed by atoms with Crippen LogP contribution >= 0.6 is 23.2 Å². The molecule has 2 N–H and O–H groups in total. The van der Waals surface area contributed by atoms with E-state index in [-0.39, 0.29) is 0 Å². The molecule has 5 heteroatoms. The smallest absolute Gasteiger partial charge is 0.0929 e. The maximum Gasteiger partial charge on any atom is 0.0929 e. The van der Waals surface area contributed by atoms with Crippen LogP contribution in [0, 0.1) is 0 Å². The van der Waals surface area contributed by atoms with E-state index in [1.165, 1.54) is 0 Å². The zero-order valence-corrected chi connectivity index (χ0v) is 13.7. The Balaban J connectivity index is 2.29. The van der Waals surface area contributed by atoms with Crippen molar-refractivity contribution >= 4 is 23.2 Å². The predicted molar refractivity (Wildman–Crippen MR) is 86.7 cm³/mol. The van der Waals surface area contributed by atoms with Crippen LogP contribution in [0.15, 0.2) is 18.2 Å². The molecule has 0 heterocycles. The van der Waals surface area contributed by atoms with E-state index in [0.29, 0.717) is 22.2 Å². The molecule has 1 unspecified atom stereocenters. The average Bonchev–Trinajstić information content (AvgIpc) is 2.45. The summed E-state index contributed by atoms with van der Waals surface area (Å²) in [6.45, 7) is 8.94. The van der Waals surface area contributed by atoms with Gasteiger partial charge in [0.2, 0.25) is 0 Å². The first-order valence-corrected chi connectivity index (χ1v) is 7.90. The number of hydrogen-bond donors (Lipinski definition) is 2. The predicted octanol–water partition coefficient (Wildman–Crippen LogP) is 3.35. The fourth-order valence-electron chi connectivity index (χ4n) is 2.09. The van der Waals surface area contributed by atoms with Gasteiger partial charge in [-0.2, -0.15) is 0 Å². The van der Waals surface area contributed by atoms with Gasteiger partial charge in [-0.3, -0.25) is 0 Å². The molecule has 0 bridgehead atoms. The topological polar surface area (TPSA) is 35.5 Å². The SMILES string of the molecule is CCN(CC)CCCNCC(O)c1cc(Cl)ccc1Cl. The van der Waals surface area contributed by atoms with Crippen LogP contribution < -0.4 is 5.32 Å². The van der Waals surface area contributed by atoms with Gasteiger partial charge < -0.3 is 15.3 Å². The molecule has 3 nitrogen and oxygen atoms in total. The molecule has 114 valence electrons. The molecule has 0 fully saturated rings. The molecule has 0 saturated carbocycles. The maximum absolute atomic E-state index is 10.1. The second kappa shape index (κ2) is 9.59. The van der Waals surface area contributed by atoms with Gasteiger partial charge in [0, 0.05) is 22.2 Å². The van der Waals surface area contributed by atoms with Gasteiger partial charge in [-0.05, 0) is 50.8 Å². The molecule has 0 amide bonds. The Morgan fingerprint density at radius 1 is 1.25 bits per heavy atom. The first-order valence-electron chi connectivity index (χ1n) is 7.14. The molecule has 20 heavy (non-hydrogen) atoms. The van der Waals surface area contributed by atoms with E-state index >= 15 is 0 Å². The molecule has 0 aliphatic heterocycles. The summed E-state index contributed by atoms with van der Waals surface area (Å²) in [5, 5.41) is 14.5. The van der Waals surface area contributed by atoms with Crippen LogP contribution in [-0.4, -0.2) is 42.7 Å². The molecule has 0 saturated heterocycles. The molecule has 0 aliphatic rings. The summed E-state index contributed by atoms with van der Waals surface area (Å²) in [5.41, 5.74) is 0.676. The van der Waals surface area contributed by atoms with E-state index in [4.69, 9.17) is 23.2 Å². The highest BCUT2D eigenvalue weighted by Gasteiger charge is 2.11. The van der Waals surface area contributed by atoms with Crippen LogP contribution in [0.2, 0.25) is 10.0 Å². The van der Waals surface area contributed by atoms with Crippen molar-refractivity contribution in [1.29, 1.82) is 0 Å². The monoisotopic (exact) mass is 318 g/mol. The van der Waals surface area contributed by atoms with Crippen LogP contribution in [0.25, 0.3) is 0 Å². The second-order valence-corrected chi connectivity index (χ2v) is 5.61. The molecular weight excluding hydrogens is 295 g/mol. The Morgan fingerprint density at radius 3 is 2.60 bits per heavy atom. The molecule has 0 radical (unpaired) electrons. The lowest BCUT2D eigenvalue weighted by Gasteiger charge is -2.18. The van der Waals surface area contributed by atoms with Gasteiger partial charge in [0.1, 0.15) is 0 Å². The van der Waals surface area contributed by atoms with Crippen LogP contribution in [0.1, 0.15) is 31.9 Å². The van der Waals surface area contributed by atoms with Gasteiger partial charge >= 0.3 is 0 Å². The Kier molecular flexibility index (Phi) is 8.50. The van der Waals surface area contributed by atoms with Crippen molar-refractivity contribution in [2.75, 3.05) is 32.7 Å². The van der Waals surface area contributed by atoms with E-state index in [0.717, 1.165) is 32.6 Å². The van der Waals surface area contributed by atoms with Crippen molar-refractivity contribution in [3.05, 3.63) is 33.8 Å². The van der Waals surface area contributed by atoms with E-state index in [2.05, 4.69) is 24.1 Å². The third-order valence-corrected chi connectivity index (χ3v) is 3.96. The standard InChI is InChI=1S/C15H24Cl2N2O/c1-3-19(4-2)9-5-8-18-11-15(20)13-10-12(16)6-7-14(13)17/h6-7,10,15,18,20H,3-5,8-9,11H2,1-2H3. The second-order valence-electron chi connectivity index (χ2n) is 4.77. The first kappa shape index (κ1) is 17.7. The minimum atomic E-state index is -0.630. The summed E-state index contributed by atoms with van der Waals surface area (Å²) in [4.78, 5) is 2.38. The van der Waals surface area contributed by atoms with Crippen molar-refractivity contribution in [1.82, 2.24) is 10.2 Å². The van der Waals surface area contributed by atoms with Gasteiger partial charge in [-0.15, -0.1) is 0 Å². The number of hydrogen-bond acceptors (Lipinski definition) is 3. The van der Waals surface area contributed by atoms with Crippen molar-refractivity contribution < 1.29 is 5.11 Å². The maximum atomic E-state index is 10.1. The third-order valence-electron chi connectivity index (χ3n) is 3.38. The van der Waals surface area contributed by atoms with Crippen LogP contribution in [0.3, 0.4) is 0 Å². The number of benzene rings is 1. The van der Waals surface area contributed by atoms with Gasteiger partial charge in [0.15, 0.2) is 0 Å². The van der Waals surface area contributed by atoms with Gasteiger partial charge in [0.05, 0.1) is 6.10 Å². The third kappa shape index (κ3) is 5.98. The quantitative estimate of drug-likeness (QED) is 0.685. The molecule has 1 atom stereocenters. The summed E-state index contributed by atoms with van der Waals surface area (Å²) >= 11 is 12.0. The normalized spacial score (nSPS) is 12.9. The highest BCUT2D eigenvalue weighted by atomic mass is 35.5. The number of aliphatic hydroxyl groups excluding tert-OH is 1. The lowest BCUT2D eigenvalue weighted by molar-refractivity contribution is 0.174. The van der Waals surface area contributed by atoms with Gasteiger partial charge in [-0.25, -0.2) is 0 Å². The summed E-state index contributed by atoms with van der Waals surface area (Å²) in [5.74, 6) is 0. The van der Waals surface area contributed by atoms with Gasteiger partial charge in [0.25, 0.3) is 0 Å². The number of halogens is 2. The average molecular weight is 319 g/mol. The van der Waals surface area contributed by atoms with Gasteiger partial charge in [-0.1, -0.05) is 37.0 Å². The summed E-state index contributed by atoms with van der Waals surface area (Å²) < 4.78 is 0. The molecule has 0 spiro atoms. The Labute approximate surface area is 131 Å². The largest absolute Gasteiger partial charge is 0.387 e. The highest BCUT2D eigenvalue weighted by Crippen LogP contribution is 2.25. The molecule has 1 rings (SSSR count). The minimum Gasteiger partial charge on any atom is -0.387 e. The zero-order valence-electron chi connectivity index (χ0n) is 12.2. The summed E-state index contributed by atoms with van der Waals surface area (Å²) in [6, 6.07) is 5.15. The summed E-state index contributed by atoms with van der Waals surface area (Å²) in [7, 11) is 0. The van der Waals surface area contributed by atoms with Crippen LogP contribution in [-0.2, 0) is 0 Å². The Hall–Kier alpha value is -0.320. The van der Waals surface area contributed by atoms with Crippen molar-refractivity contribution in [3.63, 3.8) is 0 Å². The molecule has 1 aromatic rings. The zero-order chi connectivity index (χ0) is 15.0. The first-order chi connectivity index (χ1) is 9.58. The van der Waals surface area contributed by atoms with Crippen LogP contribution in [0.5, 0.6) is 0 Å². The molecule has 0 aromatic heterocycles. The number of nitrogens with zero attached hydrogens (tertiary/aromatic N) is 1. The number of nitrogens with one attached hydrogen (secondary N) is 1. The molecular formula is C15H24Cl2N2O. The van der Waals surface area contributed by atoms with Crippen molar-refractivity contribution in [2.24, 2.45) is 0 Å². The molecule has 0 aliphatic carbocycles. The Morgan fingerprint density at radius 2 is 1.95 bits per heavy atom. The van der Waals surface area contributed by atoms with E-state index < -0.39 is 6.10 Å². The minimum absolute atomic E-state index is 0.484. The van der Waals surface area contributed by atoms with Crippen molar-refractivity contribution in [2.45, 2.75) is 26.4 Å². The lowest BCUT2D eigenvalue weighted by atomic mass is 10.1. The fraction of sp³-hybridized carbons (Fsp3) is 0.600. The Bertz CT molecular complexity index is 397. The number of aliphatic hydroxyl groups is 1. The van der Waals surface area contributed by atoms with E-state index in [9.17, 15) is 5.11 Å². The van der Waals surface area contributed by atoms with E-state index in [1.807, 2.05) is 0 Å². The summed E-state index contributed by atoms with van der Waals surface area (Å²) in [6.07, 6.45) is 0.437. The fourth-order valence-corrected chi connectivity index (χ4v) is 2.51. The van der Waals surface area contributed by atoms with Crippen LogP contribution in [0.4, 0.5) is 0 Å². The number of rotatable bonds is 9. The van der Waals surface area contributed by atoms with E-state index in [1.54, 1.807) is 18.2 Å². The highest BCUT2D eigenvalue weighted by molar-refractivity contribution is 6.33.